The number of amides is 2. The molecule has 1 aromatic carbocycles. The molecule has 0 atom stereocenters. The summed E-state index contributed by atoms with van der Waals surface area (Å²) < 4.78 is 16.4. The van der Waals surface area contributed by atoms with Gasteiger partial charge >= 0.3 is 6.03 Å². The van der Waals surface area contributed by atoms with Crippen LogP contribution in [-0.4, -0.2) is 49.3 Å². The Labute approximate surface area is 152 Å². The lowest BCUT2D eigenvalue weighted by molar-refractivity contribution is 0.115. The molecule has 3 rings (SSSR count). The summed E-state index contributed by atoms with van der Waals surface area (Å²) in [5.74, 6) is 2.05. The van der Waals surface area contributed by atoms with Crippen molar-refractivity contribution >= 4 is 11.7 Å². The Morgan fingerprint density at radius 1 is 1.08 bits per heavy atom. The number of likely N-dealkylation sites (tertiary alicyclic amines) is 1. The molecule has 1 N–H and O–H groups in total. The molecule has 7 heteroatoms. The molecule has 0 radical (unpaired) electrons. The molecule has 2 amide bonds. The summed E-state index contributed by atoms with van der Waals surface area (Å²) in [5, 5.41) is 2.90. The Morgan fingerprint density at radius 2 is 1.81 bits per heavy atom. The molecule has 2 aromatic rings. The van der Waals surface area contributed by atoms with E-state index < -0.39 is 0 Å². The predicted octanol–water partition coefficient (Wildman–Crippen LogP) is 3.17. The first-order valence-electron chi connectivity index (χ1n) is 8.54. The number of urea groups is 1. The zero-order valence-corrected chi connectivity index (χ0v) is 15.0. The van der Waals surface area contributed by atoms with Crippen LogP contribution >= 0.6 is 0 Å². The Hall–Kier alpha value is -2.96. The number of methoxy groups -OCH3 is 2. The van der Waals surface area contributed by atoms with Gasteiger partial charge in [-0.2, -0.15) is 0 Å². The molecule has 1 fully saturated rings. The lowest BCUT2D eigenvalue weighted by Gasteiger charge is -2.32. The van der Waals surface area contributed by atoms with Gasteiger partial charge in [0.2, 0.25) is 0 Å². The first-order chi connectivity index (χ1) is 12.7. The van der Waals surface area contributed by atoms with Gasteiger partial charge in [0.05, 0.1) is 19.9 Å². The number of hydrogen-bond donors (Lipinski definition) is 1. The van der Waals surface area contributed by atoms with Crippen molar-refractivity contribution < 1.29 is 19.0 Å². The van der Waals surface area contributed by atoms with E-state index in [4.69, 9.17) is 14.2 Å². The van der Waals surface area contributed by atoms with Gasteiger partial charge in [-0.05, 0) is 24.3 Å². The average molecular weight is 357 g/mol. The fourth-order valence-corrected chi connectivity index (χ4v) is 2.88. The number of nitrogens with one attached hydrogen (secondary N) is 1. The Balaban J connectivity index is 1.54. The summed E-state index contributed by atoms with van der Waals surface area (Å²) in [6, 6.07) is 8.84. The van der Waals surface area contributed by atoms with E-state index in [9.17, 15) is 4.79 Å². The van der Waals surface area contributed by atoms with Crippen LogP contribution in [0.15, 0.2) is 42.7 Å². The molecule has 0 bridgehead atoms. The molecular formula is C19H23N3O4. The van der Waals surface area contributed by atoms with Crippen LogP contribution in [0.5, 0.6) is 17.2 Å². The summed E-state index contributed by atoms with van der Waals surface area (Å²) in [7, 11) is 3.15. The van der Waals surface area contributed by atoms with Gasteiger partial charge in [-0.15, -0.1) is 0 Å². The molecule has 1 saturated heterocycles. The van der Waals surface area contributed by atoms with Crippen LogP contribution in [0, 0.1) is 0 Å². The van der Waals surface area contributed by atoms with Crippen molar-refractivity contribution in [3.8, 4) is 17.2 Å². The van der Waals surface area contributed by atoms with Gasteiger partial charge in [0.15, 0.2) is 0 Å². The maximum Gasteiger partial charge on any atom is 0.321 e. The minimum absolute atomic E-state index is 0.108. The Bertz CT molecular complexity index is 731. The van der Waals surface area contributed by atoms with Gasteiger partial charge in [-0.1, -0.05) is 0 Å². The highest BCUT2D eigenvalue weighted by molar-refractivity contribution is 5.91. The Kier molecular flexibility index (Phi) is 5.78. The van der Waals surface area contributed by atoms with E-state index in [1.165, 1.54) is 0 Å². The van der Waals surface area contributed by atoms with E-state index in [0.29, 0.717) is 30.3 Å². The number of carbonyl (C=O) groups is 1. The van der Waals surface area contributed by atoms with Gasteiger partial charge < -0.3 is 24.4 Å². The topological polar surface area (TPSA) is 72.9 Å². The zero-order chi connectivity index (χ0) is 18.4. The van der Waals surface area contributed by atoms with Crippen molar-refractivity contribution in [2.24, 2.45) is 0 Å². The van der Waals surface area contributed by atoms with Crippen LogP contribution in [0.1, 0.15) is 12.8 Å². The number of aromatic nitrogens is 1. The van der Waals surface area contributed by atoms with Crippen LogP contribution in [0.4, 0.5) is 10.5 Å². The van der Waals surface area contributed by atoms with E-state index in [1.807, 2.05) is 12.1 Å². The number of anilines is 1. The smallest absolute Gasteiger partial charge is 0.321 e. The summed E-state index contributed by atoms with van der Waals surface area (Å²) >= 11 is 0. The van der Waals surface area contributed by atoms with Crippen molar-refractivity contribution in [3.63, 3.8) is 0 Å². The third kappa shape index (κ3) is 4.36. The number of hydrogen-bond acceptors (Lipinski definition) is 5. The highest BCUT2D eigenvalue weighted by Crippen LogP contribution is 2.29. The van der Waals surface area contributed by atoms with Crippen LogP contribution in [0.3, 0.4) is 0 Å². The maximum atomic E-state index is 12.5. The summed E-state index contributed by atoms with van der Waals surface area (Å²) in [4.78, 5) is 18.3. The number of nitrogens with zero attached hydrogens (tertiary/aromatic N) is 2. The minimum atomic E-state index is -0.143. The number of benzene rings is 1. The molecule has 2 heterocycles. The molecule has 1 aliphatic rings. The van der Waals surface area contributed by atoms with E-state index in [2.05, 4.69) is 10.3 Å². The molecule has 26 heavy (non-hydrogen) atoms. The molecule has 0 saturated carbocycles. The lowest BCUT2D eigenvalue weighted by atomic mass is 10.1. The van der Waals surface area contributed by atoms with Crippen molar-refractivity contribution in [2.45, 2.75) is 18.9 Å². The number of piperidine rings is 1. The zero-order valence-electron chi connectivity index (χ0n) is 15.0. The fourth-order valence-electron chi connectivity index (χ4n) is 2.88. The minimum Gasteiger partial charge on any atom is -0.497 e. The molecule has 1 aromatic heterocycles. The standard InChI is InChI=1S/C19H23N3O4/c1-24-16-3-4-17(18(13-16)25-2)21-19(23)22-11-7-15(8-12-22)26-14-5-9-20-10-6-14/h3-6,9-10,13,15H,7-8,11-12H2,1-2H3,(H,21,23). The predicted molar refractivity (Wildman–Crippen MR) is 98.0 cm³/mol. The van der Waals surface area contributed by atoms with Crippen molar-refractivity contribution in [2.75, 3.05) is 32.6 Å². The quantitative estimate of drug-likeness (QED) is 0.890. The van der Waals surface area contributed by atoms with Crippen LogP contribution in [0.2, 0.25) is 0 Å². The van der Waals surface area contributed by atoms with Crippen LogP contribution in [0.25, 0.3) is 0 Å². The van der Waals surface area contributed by atoms with E-state index in [-0.39, 0.29) is 12.1 Å². The third-order valence-electron chi connectivity index (χ3n) is 4.33. The SMILES string of the molecule is COc1ccc(NC(=O)N2CCC(Oc3ccncc3)CC2)c(OC)c1. The summed E-state index contributed by atoms with van der Waals surface area (Å²) in [5.41, 5.74) is 0.619. The lowest BCUT2D eigenvalue weighted by Crippen LogP contribution is -2.43. The largest absolute Gasteiger partial charge is 0.497 e. The van der Waals surface area contributed by atoms with Crippen LogP contribution in [-0.2, 0) is 0 Å². The highest BCUT2D eigenvalue weighted by Gasteiger charge is 2.24. The highest BCUT2D eigenvalue weighted by atomic mass is 16.5. The van der Waals surface area contributed by atoms with Gasteiger partial charge in [-0.3, -0.25) is 4.98 Å². The van der Waals surface area contributed by atoms with Crippen molar-refractivity contribution in [1.29, 1.82) is 0 Å². The molecule has 1 aliphatic heterocycles. The summed E-state index contributed by atoms with van der Waals surface area (Å²) in [6.45, 7) is 1.28. The number of ether oxygens (including phenoxy) is 3. The van der Waals surface area contributed by atoms with Gasteiger partial charge in [0, 0.05) is 44.4 Å². The molecule has 0 spiro atoms. The Morgan fingerprint density at radius 3 is 2.46 bits per heavy atom. The van der Waals surface area contributed by atoms with E-state index >= 15 is 0 Å². The molecule has 0 aliphatic carbocycles. The second-order valence-corrected chi connectivity index (χ2v) is 5.98. The maximum absolute atomic E-state index is 12.5. The van der Waals surface area contributed by atoms with Gasteiger partial charge in [0.1, 0.15) is 23.4 Å². The van der Waals surface area contributed by atoms with Crippen molar-refractivity contribution in [3.05, 3.63) is 42.7 Å². The molecule has 0 unspecified atom stereocenters. The second-order valence-electron chi connectivity index (χ2n) is 5.98. The summed E-state index contributed by atoms with van der Waals surface area (Å²) in [6.07, 6.45) is 5.10. The van der Waals surface area contributed by atoms with Gasteiger partial charge in [0.25, 0.3) is 0 Å². The van der Waals surface area contributed by atoms with Crippen molar-refractivity contribution in [1.82, 2.24) is 9.88 Å². The molecular weight excluding hydrogens is 334 g/mol. The number of pyridine rings is 1. The normalized spacial score (nSPS) is 14.6. The van der Waals surface area contributed by atoms with E-state index in [0.717, 1.165) is 18.6 Å². The number of carbonyl (C=O) groups excluding carboxylic acids is 1. The average Bonchev–Trinajstić information content (AvgIpc) is 2.69. The fraction of sp³-hybridized carbons (Fsp3) is 0.368. The van der Waals surface area contributed by atoms with Crippen LogP contribution < -0.4 is 19.5 Å². The molecule has 138 valence electrons. The van der Waals surface area contributed by atoms with E-state index in [1.54, 1.807) is 49.7 Å². The first-order valence-corrected chi connectivity index (χ1v) is 8.54. The first kappa shape index (κ1) is 17.8. The molecule has 7 nitrogen and oxygen atoms in total. The monoisotopic (exact) mass is 357 g/mol. The second kappa shape index (κ2) is 8.42. The van der Waals surface area contributed by atoms with Gasteiger partial charge in [-0.25, -0.2) is 4.79 Å². The third-order valence-corrected chi connectivity index (χ3v) is 4.33. The number of rotatable bonds is 5.